The van der Waals surface area contributed by atoms with Crippen molar-refractivity contribution >= 4 is 21.9 Å². The van der Waals surface area contributed by atoms with Gasteiger partial charge < -0.3 is 33.5 Å². The third-order valence-electron chi connectivity index (χ3n) is 10.5. The molecular weight excluding hydrogens is 677 g/mol. The lowest BCUT2D eigenvalue weighted by atomic mass is 9.98. The number of hydrogen-bond donors (Lipinski definition) is 1. The van der Waals surface area contributed by atoms with Crippen molar-refractivity contribution in [2.75, 3.05) is 59.6 Å². The molecule has 0 radical (unpaired) electrons. The number of allylic oxidation sites excluding steroid dienone is 4. The van der Waals surface area contributed by atoms with E-state index in [0.717, 1.165) is 76.1 Å². The molecule has 0 atom stereocenters. The Hall–Kier alpha value is -3.49. The van der Waals surface area contributed by atoms with E-state index in [4.69, 9.17) is 18.6 Å². The van der Waals surface area contributed by atoms with Crippen LogP contribution in [0.25, 0.3) is 21.9 Å². The van der Waals surface area contributed by atoms with Gasteiger partial charge in [-0.25, -0.2) is 0 Å². The average molecular weight is 749 g/mol. The number of unbranched alkanes of at least 4 members (excludes halogenated alkanes) is 8. The predicted octanol–water partition coefficient (Wildman–Crippen LogP) is 11.0. The Labute approximate surface area is 326 Å². The lowest BCUT2D eigenvalue weighted by Gasteiger charge is -2.18. The van der Waals surface area contributed by atoms with Crippen molar-refractivity contribution in [2.45, 2.75) is 132 Å². The van der Waals surface area contributed by atoms with Crippen LogP contribution in [0.1, 0.15) is 131 Å². The minimum atomic E-state index is -0.287. The highest BCUT2D eigenvalue weighted by atomic mass is 16.5. The van der Waals surface area contributed by atoms with E-state index in [1.54, 1.807) is 19.2 Å². The summed E-state index contributed by atoms with van der Waals surface area (Å²) in [5.41, 5.74) is 3.95. The third-order valence-corrected chi connectivity index (χ3v) is 10.5. The molecule has 1 aromatic heterocycles. The third kappa shape index (κ3) is 13.4. The van der Waals surface area contributed by atoms with E-state index in [1.807, 2.05) is 33.8 Å². The van der Waals surface area contributed by atoms with Gasteiger partial charge in [-0.15, -0.1) is 0 Å². The minimum Gasteiger partial charge on any atom is -0.507 e. The Balaban J connectivity index is 1.91. The first-order valence-corrected chi connectivity index (χ1v) is 20.9. The summed E-state index contributed by atoms with van der Waals surface area (Å²) in [6.07, 6.45) is 16.2. The first kappa shape index (κ1) is 44.9. The molecule has 0 fully saturated rings. The molecule has 0 unspecified atom stereocenters. The number of phenolic OH excluding ortho intramolecular Hbond substituents is 1. The molecule has 8 heteroatoms. The number of nitrogens with zero attached hydrogens (tertiary/aromatic N) is 2. The van der Waals surface area contributed by atoms with Gasteiger partial charge in [0.1, 0.15) is 28.1 Å². The zero-order chi connectivity index (χ0) is 39.5. The quantitative estimate of drug-likeness (QED) is 0.0469. The number of phenols is 1. The zero-order valence-corrected chi connectivity index (χ0v) is 35.3. The fourth-order valence-corrected chi connectivity index (χ4v) is 7.05. The summed E-state index contributed by atoms with van der Waals surface area (Å²) < 4.78 is 25.2. The zero-order valence-electron chi connectivity index (χ0n) is 35.3. The number of benzene rings is 2. The monoisotopic (exact) mass is 749 g/mol. The molecule has 0 bridgehead atoms. The molecule has 0 amide bonds. The number of fused-ring (bicyclic) bond motifs is 2. The molecule has 0 saturated carbocycles. The summed E-state index contributed by atoms with van der Waals surface area (Å²) >= 11 is 0. The molecule has 0 spiro atoms. The summed E-state index contributed by atoms with van der Waals surface area (Å²) in [7, 11) is 1.61. The van der Waals surface area contributed by atoms with Crippen LogP contribution in [-0.2, 0) is 12.8 Å². The lowest BCUT2D eigenvalue weighted by molar-refractivity contribution is 0.279. The molecule has 0 aliphatic rings. The number of hydrogen-bond acceptors (Lipinski definition) is 8. The van der Waals surface area contributed by atoms with Gasteiger partial charge in [0, 0.05) is 23.3 Å². The van der Waals surface area contributed by atoms with Crippen LogP contribution in [0.5, 0.6) is 23.0 Å². The van der Waals surface area contributed by atoms with E-state index in [-0.39, 0.29) is 16.6 Å². The molecule has 302 valence electrons. The highest BCUT2D eigenvalue weighted by Gasteiger charge is 2.24. The van der Waals surface area contributed by atoms with E-state index in [1.165, 1.54) is 38.5 Å². The van der Waals surface area contributed by atoms with Gasteiger partial charge in [-0.3, -0.25) is 4.79 Å². The van der Waals surface area contributed by atoms with E-state index in [9.17, 15) is 9.90 Å². The van der Waals surface area contributed by atoms with Crippen molar-refractivity contribution in [2.24, 2.45) is 0 Å². The molecule has 0 aliphatic carbocycles. The summed E-state index contributed by atoms with van der Waals surface area (Å²) in [6, 6.07) is 3.56. The summed E-state index contributed by atoms with van der Waals surface area (Å²) in [4.78, 5) is 19.4. The largest absolute Gasteiger partial charge is 0.507 e. The maximum atomic E-state index is 14.5. The molecule has 2 aromatic carbocycles. The van der Waals surface area contributed by atoms with Gasteiger partial charge in [0.05, 0.1) is 25.7 Å². The topological polar surface area (TPSA) is 84.6 Å². The molecule has 0 aliphatic heterocycles. The number of aromatic hydroxyl groups is 1. The Bertz CT molecular complexity index is 1690. The molecule has 8 nitrogen and oxygen atoms in total. The van der Waals surface area contributed by atoms with Gasteiger partial charge in [-0.05, 0) is 105 Å². The average Bonchev–Trinajstić information content (AvgIpc) is 3.15. The smallest absolute Gasteiger partial charge is 0.204 e. The molecule has 1 heterocycles. The Morgan fingerprint density at radius 3 is 1.59 bits per heavy atom. The lowest BCUT2D eigenvalue weighted by Crippen LogP contribution is -2.23. The van der Waals surface area contributed by atoms with Crippen LogP contribution in [0, 0.1) is 0 Å². The molecule has 1 N–H and O–H groups in total. The van der Waals surface area contributed by atoms with E-state index in [0.29, 0.717) is 71.0 Å². The first-order chi connectivity index (χ1) is 26.1. The van der Waals surface area contributed by atoms with Crippen molar-refractivity contribution in [3.05, 3.63) is 56.8 Å². The van der Waals surface area contributed by atoms with Crippen LogP contribution < -0.4 is 19.6 Å². The van der Waals surface area contributed by atoms with Crippen molar-refractivity contribution in [1.29, 1.82) is 0 Å². The normalized spacial score (nSPS) is 11.5. The van der Waals surface area contributed by atoms with E-state index in [2.05, 4.69) is 43.6 Å². The summed E-state index contributed by atoms with van der Waals surface area (Å²) in [6.45, 7) is 24.8. The van der Waals surface area contributed by atoms with Crippen LogP contribution >= 0.6 is 0 Å². The molecule has 54 heavy (non-hydrogen) atoms. The van der Waals surface area contributed by atoms with Gasteiger partial charge in [-0.1, -0.05) is 89.5 Å². The molecular formula is C46H72N2O6. The fourth-order valence-electron chi connectivity index (χ4n) is 7.05. The number of ether oxygens (including phenoxy) is 3. The van der Waals surface area contributed by atoms with Crippen LogP contribution in [0.15, 0.2) is 44.6 Å². The number of methoxy groups -OCH3 is 1. The predicted molar refractivity (Wildman–Crippen MR) is 227 cm³/mol. The summed E-state index contributed by atoms with van der Waals surface area (Å²) in [5, 5.41) is 12.3. The molecule has 3 aromatic rings. The highest BCUT2D eigenvalue weighted by molar-refractivity contribution is 5.98. The van der Waals surface area contributed by atoms with Gasteiger partial charge in [0.15, 0.2) is 11.5 Å². The fraction of sp³-hybridized carbons (Fsp3) is 0.630. The Morgan fingerprint density at radius 2 is 1.09 bits per heavy atom. The van der Waals surface area contributed by atoms with Gasteiger partial charge in [-0.2, -0.15) is 0 Å². The second kappa shape index (κ2) is 24.1. The molecule has 3 rings (SSSR count). The summed E-state index contributed by atoms with van der Waals surface area (Å²) in [5.74, 6) is 1.55. The second-order valence-electron chi connectivity index (χ2n) is 15.0. The number of rotatable bonds is 27. The maximum absolute atomic E-state index is 14.5. The van der Waals surface area contributed by atoms with Crippen LogP contribution in [-0.4, -0.2) is 74.5 Å². The highest BCUT2D eigenvalue weighted by Crippen LogP contribution is 2.42. The second-order valence-corrected chi connectivity index (χ2v) is 15.0. The van der Waals surface area contributed by atoms with Crippen molar-refractivity contribution in [3.63, 3.8) is 0 Å². The SMILES string of the molecule is CCN(CC)CCCCCCCOc1cc2oc3cc(OCCCCCCCN(CC)CC)c(OC)c(CC=C(C)C)c3c(=O)c2c(O)c1CC=C(C)C. The van der Waals surface area contributed by atoms with Crippen LogP contribution in [0.3, 0.4) is 0 Å². The molecule has 0 saturated heterocycles. The van der Waals surface area contributed by atoms with Gasteiger partial charge in [0.2, 0.25) is 5.43 Å². The Morgan fingerprint density at radius 1 is 0.648 bits per heavy atom. The van der Waals surface area contributed by atoms with Crippen molar-refractivity contribution in [1.82, 2.24) is 9.80 Å². The van der Waals surface area contributed by atoms with Crippen LogP contribution in [0.2, 0.25) is 0 Å². The van der Waals surface area contributed by atoms with E-state index >= 15 is 0 Å². The Kier molecular flexibility index (Phi) is 20.1. The van der Waals surface area contributed by atoms with Gasteiger partial charge in [0.25, 0.3) is 0 Å². The van der Waals surface area contributed by atoms with Crippen molar-refractivity contribution in [3.8, 4) is 23.0 Å². The van der Waals surface area contributed by atoms with Crippen LogP contribution in [0.4, 0.5) is 0 Å². The van der Waals surface area contributed by atoms with Gasteiger partial charge >= 0.3 is 0 Å². The van der Waals surface area contributed by atoms with Crippen molar-refractivity contribution < 1.29 is 23.7 Å². The standard InChI is InChI=1S/C46H72N2O6/c1-10-47(11-2)28-20-16-14-18-22-30-52-38-32-40-43(44(49)36(38)26-24-34(5)6)45(50)42-37(27-25-35(7)8)46(51-9)41(33-39(42)54-40)53-31-23-19-15-17-21-29-48(12-3)13-4/h24-25,32-33,49H,10-23,26-31H2,1-9H3. The minimum absolute atomic E-state index is 0.0865. The maximum Gasteiger partial charge on any atom is 0.204 e. The van der Waals surface area contributed by atoms with E-state index < -0.39 is 0 Å². The first-order valence-electron chi connectivity index (χ1n) is 20.9.